The predicted octanol–water partition coefficient (Wildman–Crippen LogP) is 5.71. The van der Waals surface area contributed by atoms with Crippen LogP contribution in [0.15, 0.2) is 48.5 Å². The van der Waals surface area contributed by atoms with Crippen molar-refractivity contribution in [1.29, 1.82) is 0 Å². The number of hydrogen-bond acceptors (Lipinski definition) is 1. The zero-order valence-corrected chi connectivity index (χ0v) is 16.2. The van der Waals surface area contributed by atoms with Gasteiger partial charge in [0.1, 0.15) is 11.3 Å². The fourth-order valence-electron chi connectivity index (χ4n) is 3.90. The fourth-order valence-corrected chi connectivity index (χ4v) is 3.90. The molecule has 0 spiro atoms. The van der Waals surface area contributed by atoms with Crippen molar-refractivity contribution in [2.24, 2.45) is 0 Å². The molecule has 2 aliphatic rings. The van der Waals surface area contributed by atoms with Crippen LogP contribution in [0, 0.1) is 0 Å². The summed E-state index contributed by atoms with van der Waals surface area (Å²) >= 11 is 0. The molecule has 3 heteroatoms. The monoisotopic (exact) mass is 369 g/mol. The Morgan fingerprint density at radius 1 is 0.778 bits per heavy atom. The summed E-state index contributed by atoms with van der Waals surface area (Å²) in [6, 6.07) is 16.4. The highest BCUT2D eigenvalue weighted by Gasteiger charge is 2.53. The lowest BCUT2D eigenvalue weighted by Gasteiger charge is -2.19. The summed E-state index contributed by atoms with van der Waals surface area (Å²) in [5.74, 6) is 0. The maximum Gasteiger partial charge on any atom is 0.136 e. The Bertz CT molecular complexity index is 778. The van der Waals surface area contributed by atoms with Crippen LogP contribution in [0.1, 0.15) is 54.4 Å². The van der Waals surface area contributed by atoms with Gasteiger partial charge in [-0.15, -0.1) is 0 Å². The number of halogens is 2. The van der Waals surface area contributed by atoms with Gasteiger partial charge < -0.3 is 4.90 Å². The quantitative estimate of drug-likeness (QED) is 0.547. The van der Waals surface area contributed by atoms with E-state index in [1.807, 2.05) is 24.3 Å². The molecule has 2 aromatic rings. The summed E-state index contributed by atoms with van der Waals surface area (Å²) in [5, 5.41) is 0. The lowest BCUT2D eigenvalue weighted by atomic mass is 9.93. The molecule has 0 aromatic heterocycles. The molecule has 0 N–H and O–H groups in total. The van der Waals surface area contributed by atoms with Crippen LogP contribution < -0.4 is 0 Å². The topological polar surface area (TPSA) is 3.24 Å². The summed E-state index contributed by atoms with van der Waals surface area (Å²) in [4.78, 5) is 2.35. The SMILES string of the molecule is CN(CCCc1ccc(C2(F)CC2)c(C2(F)CC2)c1)CCc1ccccc1. The van der Waals surface area contributed by atoms with Crippen LogP contribution >= 0.6 is 0 Å². The highest BCUT2D eigenvalue weighted by atomic mass is 19.1. The van der Waals surface area contributed by atoms with E-state index < -0.39 is 11.3 Å². The Morgan fingerprint density at radius 2 is 1.44 bits per heavy atom. The van der Waals surface area contributed by atoms with E-state index >= 15 is 0 Å². The first kappa shape index (κ1) is 18.6. The van der Waals surface area contributed by atoms with Crippen molar-refractivity contribution in [2.75, 3.05) is 20.1 Å². The normalized spacial score (nSPS) is 19.3. The molecule has 0 aliphatic heterocycles. The molecule has 1 nitrogen and oxygen atoms in total. The Hall–Kier alpha value is -1.74. The minimum absolute atomic E-state index is 0.543. The van der Waals surface area contributed by atoms with Gasteiger partial charge >= 0.3 is 0 Å². The summed E-state index contributed by atoms with van der Waals surface area (Å²) in [6.07, 6.45) is 5.17. The zero-order chi connectivity index (χ0) is 18.9. The van der Waals surface area contributed by atoms with Gasteiger partial charge in [0.05, 0.1) is 0 Å². The molecule has 2 fully saturated rings. The first-order valence-corrected chi connectivity index (χ1v) is 10.2. The number of benzene rings is 2. The molecule has 4 rings (SSSR count). The summed E-state index contributed by atoms with van der Waals surface area (Å²) < 4.78 is 29.4. The van der Waals surface area contributed by atoms with Gasteiger partial charge in [0.15, 0.2) is 0 Å². The van der Waals surface area contributed by atoms with Crippen molar-refractivity contribution >= 4 is 0 Å². The van der Waals surface area contributed by atoms with E-state index in [2.05, 4.69) is 36.2 Å². The first-order chi connectivity index (χ1) is 13.0. The minimum atomic E-state index is -1.26. The molecule has 27 heavy (non-hydrogen) atoms. The van der Waals surface area contributed by atoms with Crippen LogP contribution in [0.2, 0.25) is 0 Å². The number of aryl methyl sites for hydroxylation is 1. The minimum Gasteiger partial charge on any atom is -0.306 e. The summed E-state index contributed by atoms with van der Waals surface area (Å²) in [5.41, 5.74) is 1.23. The van der Waals surface area contributed by atoms with Crippen LogP contribution in [-0.2, 0) is 24.2 Å². The van der Waals surface area contributed by atoms with Crippen LogP contribution in [0.3, 0.4) is 0 Å². The number of hydrogen-bond donors (Lipinski definition) is 0. The molecule has 0 amide bonds. The molecular formula is C24H29F2N. The third kappa shape index (κ3) is 4.40. The van der Waals surface area contributed by atoms with Crippen LogP contribution in [0.25, 0.3) is 0 Å². The summed E-state index contributed by atoms with van der Waals surface area (Å²) in [6.45, 7) is 2.05. The second kappa shape index (κ2) is 7.35. The van der Waals surface area contributed by atoms with E-state index in [0.717, 1.165) is 37.9 Å². The standard InChI is InChI=1S/C24H29F2N/c1-27(17-11-19-6-3-2-4-7-19)16-5-8-20-9-10-21(23(25)12-13-23)22(18-20)24(26)14-15-24/h2-4,6-7,9-10,18H,5,8,11-17H2,1H3. The van der Waals surface area contributed by atoms with Crippen LogP contribution in [0.4, 0.5) is 8.78 Å². The second-order valence-corrected chi connectivity index (χ2v) is 8.45. The third-order valence-corrected chi connectivity index (χ3v) is 6.06. The molecule has 0 atom stereocenters. The predicted molar refractivity (Wildman–Crippen MR) is 106 cm³/mol. The van der Waals surface area contributed by atoms with Crippen molar-refractivity contribution in [2.45, 2.75) is 56.3 Å². The number of alkyl halides is 2. The summed E-state index contributed by atoms with van der Waals surface area (Å²) in [7, 11) is 2.15. The molecule has 0 bridgehead atoms. The van der Waals surface area contributed by atoms with Crippen molar-refractivity contribution in [3.05, 3.63) is 70.8 Å². The molecule has 144 valence electrons. The van der Waals surface area contributed by atoms with Gasteiger partial charge in [0.25, 0.3) is 0 Å². The average molecular weight is 369 g/mol. The Morgan fingerprint density at radius 3 is 2.11 bits per heavy atom. The van der Waals surface area contributed by atoms with E-state index in [4.69, 9.17) is 0 Å². The molecule has 0 radical (unpaired) electrons. The van der Waals surface area contributed by atoms with Gasteiger partial charge in [-0.2, -0.15) is 0 Å². The smallest absolute Gasteiger partial charge is 0.136 e. The van der Waals surface area contributed by atoms with Crippen molar-refractivity contribution in [3.63, 3.8) is 0 Å². The maximum absolute atomic E-state index is 14.8. The molecule has 0 heterocycles. The molecule has 2 aliphatic carbocycles. The van der Waals surface area contributed by atoms with Gasteiger partial charge in [0.2, 0.25) is 0 Å². The average Bonchev–Trinajstić information content (AvgIpc) is 3.60. The van der Waals surface area contributed by atoms with Gasteiger partial charge in [0, 0.05) is 6.54 Å². The molecule has 0 saturated heterocycles. The van der Waals surface area contributed by atoms with Crippen LogP contribution in [0.5, 0.6) is 0 Å². The van der Waals surface area contributed by atoms with Crippen molar-refractivity contribution in [1.82, 2.24) is 4.90 Å². The number of rotatable bonds is 9. The van der Waals surface area contributed by atoms with Crippen LogP contribution in [-0.4, -0.2) is 25.0 Å². The Balaban J connectivity index is 1.31. The highest BCUT2D eigenvalue weighted by Crippen LogP contribution is 2.58. The molecule has 2 aromatic carbocycles. The van der Waals surface area contributed by atoms with Crippen molar-refractivity contribution in [3.8, 4) is 0 Å². The van der Waals surface area contributed by atoms with E-state index in [-0.39, 0.29) is 0 Å². The van der Waals surface area contributed by atoms with Gasteiger partial charge in [-0.25, -0.2) is 8.78 Å². The number of likely N-dealkylation sites (N-methyl/N-ethyl adjacent to an activating group) is 1. The molecule has 0 unspecified atom stereocenters. The van der Waals surface area contributed by atoms with Gasteiger partial charge in [-0.05, 0) is 80.8 Å². The molecular weight excluding hydrogens is 340 g/mol. The highest BCUT2D eigenvalue weighted by molar-refractivity contribution is 5.44. The van der Waals surface area contributed by atoms with Gasteiger partial charge in [-0.1, -0.05) is 48.5 Å². The van der Waals surface area contributed by atoms with E-state index in [0.29, 0.717) is 36.8 Å². The largest absolute Gasteiger partial charge is 0.306 e. The third-order valence-electron chi connectivity index (χ3n) is 6.06. The molecule has 2 saturated carbocycles. The Kier molecular flexibility index (Phi) is 5.07. The fraction of sp³-hybridized carbons (Fsp3) is 0.500. The number of nitrogens with zero attached hydrogens (tertiary/aromatic N) is 1. The first-order valence-electron chi connectivity index (χ1n) is 10.2. The van der Waals surface area contributed by atoms with E-state index in [1.165, 1.54) is 5.56 Å². The van der Waals surface area contributed by atoms with Crippen molar-refractivity contribution < 1.29 is 8.78 Å². The zero-order valence-electron chi connectivity index (χ0n) is 16.2. The lowest BCUT2D eigenvalue weighted by Crippen LogP contribution is -2.22. The Labute approximate surface area is 161 Å². The lowest BCUT2D eigenvalue weighted by molar-refractivity contribution is 0.283. The second-order valence-electron chi connectivity index (χ2n) is 8.45. The van der Waals surface area contributed by atoms with Gasteiger partial charge in [-0.3, -0.25) is 0 Å². The van der Waals surface area contributed by atoms with E-state index in [9.17, 15) is 8.78 Å². The maximum atomic E-state index is 14.8. The van der Waals surface area contributed by atoms with E-state index in [1.54, 1.807) is 0 Å².